The molecule has 0 spiro atoms. The number of aromatic nitrogens is 4. The molecule has 62 heavy (non-hydrogen) atoms. The molecule has 0 aliphatic carbocycles. The van der Waals surface area contributed by atoms with Crippen LogP contribution in [0.25, 0.3) is 115 Å². The summed E-state index contributed by atoms with van der Waals surface area (Å²) in [6.45, 7) is 0. The maximum absolute atomic E-state index is 5.30. The van der Waals surface area contributed by atoms with Crippen LogP contribution in [0, 0.1) is 0 Å². The van der Waals surface area contributed by atoms with Gasteiger partial charge < -0.3 is 4.57 Å². The Hall–Kier alpha value is -7.99. The van der Waals surface area contributed by atoms with E-state index in [-0.39, 0.29) is 0 Å². The van der Waals surface area contributed by atoms with Crippen LogP contribution in [0.3, 0.4) is 0 Å². The SMILES string of the molecule is c1ccc(-c2cccc(-c3ccc(-c4cccc5c4sc4c5ccc5c6ccccc6n(-c6ccccc6)c54)c(-c4nc(-c5ccccc5)nc(-c5ccccc5)n4)c3)c2)cc1. The first kappa shape index (κ1) is 35.9. The fraction of sp³-hybridized carbons (Fsp3) is 0. The molecule has 0 saturated heterocycles. The van der Waals surface area contributed by atoms with Crippen LogP contribution in [0.4, 0.5) is 0 Å². The van der Waals surface area contributed by atoms with Gasteiger partial charge in [-0.1, -0.05) is 188 Å². The lowest BCUT2D eigenvalue weighted by Crippen LogP contribution is -2.01. The molecule has 12 rings (SSSR count). The quantitative estimate of drug-likeness (QED) is 0.161. The number of fused-ring (bicyclic) bond motifs is 7. The number of hydrogen-bond donors (Lipinski definition) is 0. The van der Waals surface area contributed by atoms with E-state index in [1.807, 2.05) is 47.7 Å². The summed E-state index contributed by atoms with van der Waals surface area (Å²) < 4.78 is 4.92. The van der Waals surface area contributed by atoms with Gasteiger partial charge >= 0.3 is 0 Å². The van der Waals surface area contributed by atoms with E-state index in [9.17, 15) is 0 Å². The molecule has 0 aliphatic heterocycles. The summed E-state index contributed by atoms with van der Waals surface area (Å²) in [5.74, 6) is 1.89. The van der Waals surface area contributed by atoms with Gasteiger partial charge in [-0.15, -0.1) is 11.3 Å². The molecule has 0 N–H and O–H groups in total. The van der Waals surface area contributed by atoms with E-state index in [1.165, 1.54) is 53.1 Å². The normalized spacial score (nSPS) is 11.5. The number of rotatable bonds is 7. The Labute approximate surface area is 362 Å². The van der Waals surface area contributed by atoms with Gasteiger partial charge in [0, 0.05) is 54.2 Å². The van der Waals surface area contributed by atoms with Crippen molar-refractivity contribution in [3.8, 4) is 73.2 Å². The van der Waals surface area contributed by atoms with Gasteiger partial charge in [0.05, 0.1) is 15.7 Å². The van der Waals surface area contributed by atoms with Gasteiger partial charge in [0.2, 0.25) is 0 Å². The molecule has 0 radical (unpaired) electrons. The third-order valence-corrected chi connectivity index (χ3v) is 13.1. The topological polar surface area (TPSA) is 43.6 Å². The van der Waals surface area contributed by atoms with Gasteiger partial charge in [-0.05, 0) is 58.1 Å². The van der Waals surface area contributed by atoms with E-state index in [2.05, 4.69) is 187 Å². The Balaban J connectivity index is 1.13. The van der Waals surface area contributed by atoms with Gasteiger partial charge in [0.25, 0.3) is 0 Å². The second-order valence-corrected chi connectivity index (χ2v) is 16.6. The predicted molar refractivity (Wildman–Crippen MR) is 260 cm³/mol. The monoisotopic (exact) mass is 808 g/mol. The van der Waals surface area contributed by atoms with E-state index in [0.29, 0.717) is 17.5 Å². The van der Waals surface area contributed by atoms with Crippen LogP contribution in [-0.4, -0.2) is 19.5 Å². The zero-order valence-corrected chi connectivity index (χ0v) is 34.3. The summed E-state index contributed by atoms with van der Waals surface area (Å²) in [7, 11) is 0. The highest BCUT2D eigenvalue weighted by molar-refractivity contribution is 7.27. The van der Waals surface area contributed by atoms with Crippen molar-refractivity contribution in [2.75, 3.05) is 0 Å². The first-order valence-corrected chi connectivity index (χ1v) is 21.7. The maximum atomic E-state index is 5.30. The number of benzene rings is 9. The Kier molecular flexibility index (Phi) is 8.65. The molecule has 5 heteroatoms. The molecule has 0 atom stereocenters. The Bertz CT molecular complexity index is 3560. The Morgan fingerprint density at radius 2 is 0.823 bits per heavy atom. The lowest BCUT2D eigenvalue weighted by atomic mass is 9.92. The molecule has 3 aromatic heterocycles. The number of thiophene rings is 1. The van der Waals surface area contributed by atoms with Crippen molar-refractivity contribution < 1.29 is 0 Å². The second kappa shape index (κ2) is 14.9. The molecular formula is C57H36N4S. The third kappa shape index (κ3) is 6.09. The summed E-state index contributed by atoms with van der Waals surface area (Å²) in [5, 5.41) is 4.97. The first-order valence-electron chi connectivity index (χ1n) is 20.9. The summed E-state index contributed by atoms with van der Waals surface area (Å²) in [4.78, 5) is 15.7. The fourth-order valence-corrected chi connectivity index (χ4v) is 10.3. The average Bonchev–Trinajstić information content (AvgIpc) is 3.91. The molecule has 0 saturated carbocycles. The lowest BCUT2D eigenvalue weighted by molar-refractivity contribution is 1.07. The summed E-state index contributed by atoms with van der Waals surface area (Å²) in [5.41, 5.74) is 13.2. The minimum absolute atomic E-state index is 0.624. The lowest BCUT2D eigenvalue weighted by Gasteiger charge is -2.15. The van der Waals surface area contributed by atoms with Crippen molar-refractivity contribution in [2.24, 2.45) is 0 Å². The van der Waals surface area contributed by atoms with E-state index in [4.69, 9.17) is 15.0 Å². The molecule has 12 aromatic rings. The summed E-state index contributed by atoms with van der Waals surface area (Å²) >= 11 is 1.87. The Morgan fingerprint density at radius 1 is 0.306 bits per heavy atom. The van der Waals surface area contributed by atoms with Crippen LogP contribution >= 0.6 is 11.3 Å². The van der Waals surface area contributed by atoms with Gasteiger partial charge in [0.15, 0.2) is 17.5 Å². The highest BCUT2D eigenvalue weighted by Crippen LogP contribution is 2.47. The van der Waals surface area contributed by atoms with Crippen molar-refractivity contribution in [1.29, 1.82) is 0 Å². The number of para-hydroxylation sites is 2. The van der Waals surface area contributed by atoms with Crippen LogP contribution in [0.2, 0.25) is 0 Å². The first-order chi connectivity index (χ1) is 30.7. The standard InChI is InChI=1S/C57H36N4S/c1-5-17-37(18-6-1)40-23-15-24-41(35-40)42-31-32-44(50(36-42)57-59-55(38-19-7-2-8-20-38)58-56(60-57)39-21-9-3-10-22-39)47-28-16-29-48-49-34-33-46-45-27-13-14-30-51(45)61(43-25-11-4-12-26-43)52(46)54(49)62-53(47)48/h1-36H. The fourth-order valence-electron chi connectivity index (χ4n) is 8.94. The largest absolute Gasteiger partial charge is 0.308 e. The van der Waals surface area contributed by atoms with Crippen LogP contribution < -0.4 is 0 Å². The number of nitrogens with zero attached hydrogens (tertiary/aromatic N) is 4. The van der Waals surface area contributed by atoms with E-state index in [1.54, 1.807) is 0 Å². The zero-order valence-electron chi connectivity index (χ0n) is 33.5. The Morgan fingerprint density at radius 3 is 1.53 bits per heavy atom. The van der Waals surface area contributed by atoms with Gasteiger partial charge in [-0.25, -0.2) is 15.0 Å². The minimum Gasteiger partial charge on any atom is -0.308 e. The highest BCUT2D eigenvalue weighted by Gasteiger charge is 2.22. The van der Waals surface area contributed by atoms with Crippen molar-refractivity contribution >= 4 is 53.3 Å². The van der Waals surface area contributed by atoms with Crippen molar-refractivity contribution in [1.82, 2.24) is 19.5 Å². The molecule has 9 aromatic carbocycles. The molecule has 4 nitrogen and oxygen atoms in total. The van der Waals surface area contributed by atoms with Crippen LogP contribution in [-0.2, 0) is 0 Å². The molecule has 290 valence electrons. The van der Waals surface area contributed by atoms with Crippen molar-refractivity contribution in [3.05, 3.63) is 218 Å². The van der Waals surface area contributed by atoms with Gasteiger partial charge in [-0.2, -0.15) is 0 Å². The zero-order chi connectivity index (χ0) is 41.0. The van der Waals surface area contributed by atoms with Crippen LogP contribution in [0.1, 0.15) is 0 Å². The van der Waals surface area contributed by atoms with Gasteiger partial charge in [0.1, 0.15) is 0 Å². The maximum Gasteiger partial charge on any atom is 0.164 e. The van der Waals surface area contributed by atoms with Crippen molar-refractivity contribution in [3.63, 3.8) is 0 Å². The third-order valence-electron chi connectivity index (χ3n) is 11.9. The molecule has 0 fully saturated rings. The summed E-state index contributed by atoms with van der Waals surface area (Å²) in [6.07, 6.45) is 0. The van der Waals surface area contributed by atoms with E-state index < -0.39 is 0 Å². The minimum atomic E-state index is 0.624. The second-order valence-electron chi connectivity index (χ2n) is 15.6. The average molecular weight is 809 g/mol. The van der Waals surface area contributed by atoms with E-state index in [0.717, 1.165) is 44.6 Å². The van der Waals surface area contributed by atoms with Crippen LogP contribution in [0.15, 0.2) is 218 Å². The molecule has 0 aliphatic rings. The molecule has 0 unspecified atom stereocenters. The molecular weight excluding hydrogens is 773 g/mol. The van der Waals surface area contributed by atoms with Crippen LogP contribution in [0.5, 0.6) is 0 Å². The highest BCUT2D eigenvalue weighted by atomic mass is 32.1. The predicted octanol–water partition coefficient (Wildman–Crippen LogP) is 15.3. The molecule has 0 bridgehead atoms. The van der Waals surface area contributed by atoms with E-state index >= 15 is 0 Å². The number of hydrogen-bond acceptors (Lipinski definition) is 4. The smallest absolute Gasteiger partial charge is 0.164 e. The summed E-state index contributed by atoms with van der Waals surface area (Å²) in [6, 6.07) is 77.4. The molecule has 0 amide bonds. The van der Waals surface area contributed by atoms with Gasteiger partial charge in [-0.3, -0.25) is 0 Å². The van der Waals surface area contributed by atoms with Crippen molar-refractivity contribution in [2.45, 2.75) is 0 Å². The molecule has 3 heterocycles.